The number of benzene rings is 11. The fourth-order valence-corrected chi connectivity index (χ4v) is 10.6. The molecule has 0 aliphatic rings. The zero-order valence-corrected chi connectivity index (χ0v) is 36.8. The van der Waals surface area contributed by atoms with E-state index in [4.69, 9.17) is 8.83 Å². The Balaban J connectivity index is 0.958. The van der Waals surface area contributed by atoms with Crippen molar-refractivity contribution in [3.63, 3.8) is 0 Å². The Bertz CT molecular complexity index is 4200. The number of fused-ring (bicyclic) bond motifs is 10. The van der Waals surface area contributed by atoms with Crippen molar-refractivity contribution >= 4 is 93.5 Å². The van der Waals surface area contributed by atoms with E-state index in [2.05, 4.69) is 234 Å². The standard InChI is InChI=1S/C64H40N2O2/c1-2-13-45-40-46(25-24-41(45)12-1)42-26-32-47(33-27-42)65(48-34-28-43(29-35-48)50-18-11-19-55-53-16-5-9-22-60(53)67-63(50)55)59-39-38-56-54-17-6-10-23-61(54)68-64(56)62(59)44-30-36-49(37-31-44)66-57-20-7-3-14-51(57)52-15-4-8-21-58(52)66/h1-40H. The van der Waals surface area contributed by atoms with Crippen LogP contribution in [0.2, 0.25) is 0 Å². The highest BCUT2D eigenvalue weighted by atomic mass is 16.3. The molecule has 0 unspecified atom stereocenters. The molecule has 0 spiro atoms. The van der Waals surface area contributed by atoms with Gasteiger partial charge in [0.2, 0.25) is 0 Å². The van der Waals surface area contributed by atoms with Crippen LogP contribution in [0.1, 0.15) is 0 Å². The molecule has 3 heterocycles. The maximum atomic E-state index is 6.93. The Morgan fingerprint density at radius 3 is 1.51 bits per heavy atom. The Morgan fingerprint density at radius 2 is 0.838 bits per heavy atom. The minimum absolute atomic E-state index is 0.847. The quantitative estimate of drug-likeness (QED) is 0.160. The molecular weight excluding hydrogens is 829 g/mol. The lowest BCUT2D eigenvalue weighted by Gasteiger charge is -2.28. The summed E-state index contributed by atoms with van der Waals surface area (Å²) in [7, 11) is 0. The minimum atomic E-state index is 0.847. The average Bonchev–Trinajstić information content (AvgIpc) is 4.09. The largest absolute Gasteiger partial charge is 0.455 e. The maximum Gasteiger partial charge on any atom is 0.145 e. The van der Waals surface area contributed by atoms with E-state index in [9.17, 15) is 0 Å². The van der Waals surface area contributed by atoms with Crippen molar-refractivity contribution in [2.75, 3.05) is 4.90 Å². The lowest BCUT2D eigenvalue weighted by Crippen LogP contribution is -2.11. The number of aromatic nitrogens is 1. The van der Waals surface area contributed by atoms with Crippen molar-refractivity contribution in [3.05, 3.63) is 243 Å². The summed E-state index contributed by atoms with van der Waals surface area (Å²) in [6.45, 7) is 0. The third-order valence-electron chi connectivity index (χ3n) is 13.8. The molecular formula is C64H40N2O2. The molecule has 0 bridgehead atoms. The summed E-state index contributed by atoms with van der Waals surface area (Å²) in [6.07, 6.45) is 0. The number of hydrogen-bond donors (Lipinski definition) is 0. The molecule has 0 saturated carbocycles. The fraction of sp³-hybridized carbons (Fsp3) is 0. The molecule has 68 heavy (non-hydrogen) atoms. The van der Waals surface area contributed by atoms with Gasteiger partial charge in [0.1, 0.15) is 22.3 Å². The predicted molar refractivity (Wildman–Crippen MR) is 284 cm³/mol. The first-order valence-corrected chi connectivity index (χ1v) is 23.2. The van der Waals surface area contributed by atoms with Crippen LogP contribution in [0.4, 0.5) is 17.1 Å². The Kier molecular flexibility index (Phi) is 8.55. The summed E-state index contributed by atoms with van der Waals surface area (Å²) in [6, 6.07) is 86.9. The van der Waals surface area contributed by atoms with Crippen LogP contribution in [0.5, 0.6) is 0 Å². The highest BCUT2D eigenvalue weighted by Gasteiger charge is 2.24. The molecule has 14 rings (SSSR count). The fourth-order valence-electron chi connectivity index (χ4n) is 10.6. The van der Waals surface area contributed by atoms with Crippen LogP contribution < -0.4 is 4.90 Å². The first-order chi connectivity index (χ1) is 33.7. The zero-order valence-electron chi connectivity index (χ0n) is 36.8. The summed E-state index contributed by atoms with van der Waals surface area (Å²) >= 11 is 0. The van der Waals surface area contributed by atoms with Crippen molar-refractivity contribution in [2.24, 2.45) is 0 Å². The first-order valence-electron chi connectivity index (χ1n) is 23.2. The smallest absolute Gasteiger partial charge is 0.145 e. The van der Waals surface area contributed by atoms with Gasteiger partial charge in [-0.3, -0.25) is 0 Å². The Hall–Kier alpha value is -9.12. The molecule has 0 fully saturated rings. The molecule has 11 aromatic carbocycles. The number of anilines is 3. The van der Waals surface area contributed by atoms with E-state index >= 15 is 0 Å². The van der Waals surface area contributed by atoms with Gasteiger partial charge in [-0.25, -0.2) is 0 Å². The summed E-state index contributed by atoms with van der Waals surface area (Å²) in [5, 5.41) is 9.34. The Labute approximate surface area is 391 Å². The highest BCUT2D eigenvalue weighted by Crippen LogP contribution is 2.48. The van der Waals surface area contributed by atoms with Crippen LogP contribution in [0.15, 0.2) is 251 Å². The van der Waals surface area contributed by atoms with E-state index in [-0.39, 0.29) is 0 Å². The van der Waals surface area contributed by atoms with Gasteiger partial charge in [0.25, 0.3) is 0 Å². The topological polar surface area (TPSA) is 34.5 Å². The number of hydrogen-bond acceptors (Lipinski definition) is 3. The van der Waals surface area contributed by atoms with Gasteiger partial charge < -0.3 is 18.3 Å². The van der Waals surface area contributed by atoms with Crippen molar-refractivity contribution in [3.8, 4) is 39.1 Å². The van der Waals surface area contributed by atoms with E-state index in [1.165, 1.54) is 38.1 Å². The lowest BCUT2D eigenvalue weighted by atomic mass is 9.97. The van der Waals surface area contributed by atoms with Gasteiger partial charge >= 0.3 is 0 Å². The van der Waals surface area contributed by atoms with Crippen LogP contribution in [-0.2, 0) is 0 Å². The van der Waals surface area contributed by atoms with Crippen molar-refractivity contribution in [1.82, 2.24) is 4.57 Å². The van der Waals surface area contributed by atoms with Gasteiger partial charge in [0, 0.05) is 60.5 Å². The van der Waals surface area contributed by atoms with E-state index in [0.29, 0.717) is 0 Å². The Morgan fingerprint density at radius 1 is 0.324 bits per heavy atom. The first kappa shape index (κ1) is 38.2. The second-order valence-electron chi connectivity index (χ2n) is 17.6. The van der Waals surface area contributed by atoms with Crippen LogP contribution in [0, 0.1) is 0 Å². The maximum absolute atomic E-state index is 6.93. The molecule has 0 N–H and O–H groups in total. The summed E-state index contributed by atoms with van der Waals surface area (Å²) in [5.41, 5.74) is 16.5. The zero-order chi connectivity index (χ0) is 44.7. The van der Waals surface area contributed by atoms with Gasteiger partial charge in [0.15, 0.2) is 0 Å². The number of para-hydroxylation sites is 5. The van der Waals surface area contributed by atoms with E-state index in [1.54, 1.807) is 0 Å². The molecule has 4 nitrogen and oxygen atoms in total. The minimum Gasteiger partial charge on any atom is -0.455 e. The van der Waals surface area contributed by atoms with Crippen molar-refractivity contribution < 1.29 is 8.83 Å². The van der Waals surface area contributed by atoms with Gasteiger partial charge in [-0.05, 0) is 112 Å². The van der Waals surface area contributed by atoms with Crippen molar-refractivity contribution in [2.45, 2.75) is 0 Å². The van der Waals surface area contributed by atoms with Gasteiger partial charge in [0.05, 0.1) is 16.7 Å². The third-order valence-corrected chi connectivity index (χ3v) is 13.8. The summed E-state index contributed by atoms with van der Waals surface area (Å²) in [4.78, 5) is 2.37. The third kappa shape index (κ3) is 6.01. The molecule has 318 valence electrons. The molecule has 0 atom stereocenters. The molecule has 0 radical (unpaired) electrons. The molecule has 3 aromatic heterocycles. The van der Waals surface area contributed by atoms with Gasteiger partial charge in [-0.2, -0.15) is 0 Å². The molecule has 0 aliphatic heterocycles. The van der Waals surface area contributed by atoms with E-state index < -0.39 is 0 Å². The highest BCUT2D eigenvalue weighted by molar-refractivity contribution is 6.14. The van der Waals surface area contributed by atoms with Crippen LogP contribution in [-0.4, -0.2) is 4.57 Å². The summed E-state index contributed by atoms with van der Waals surface area (Å²) < 4.78 is 15.8. The SMILES string of the molecule is c1ccc2cc(-c3ccc(N(c4ccc(-c5cccc6c5oc5ccccc56)cc4)c4ccc5c(oc6ccccc65)c4-c4ccc(-n5c6ccccc6c6ccccc65)cc4)cc3)ccc2c1. The van der Waals surface area contributed by atoms with Crippen molar-refractivity contribution in [1.29, 1.82) is 0 Å². The molecule has 0 saturated heterocycles. The average molecular weight is 869 g/mol. The number of nitrogens with zero attached hydrogens (tertiary/aromatic N) is 2. The van der Waals surface area contributed by atoms with Gasteiger partial charge in [-0.15, -0.1) is 0 Å². The molecule has 0 amide bonds. The van der Waals surface area contributed by atoms with Gasteiger partial charge in [-0.1, -0.05) is 164 Å². The van der Waals surface area contributed by atoms with E-state index in [0.717, 1.165) is 94.4 Å². The lowest BCUT2D eigenvalue weighted by molar-refractivity contribution is 0.669. The number of furan rings is 2. The normalized spacial score (nSPS) is 11.8. The second-order valence-corrected chi connectivity index (χ2v) is 17.6. The van der Waals surface area contributed by atoms with E-state index in [1.807, 2.05) is 18.2 Å². The predicted octanol–water partition coefficient (Wildman–Crippen LogP) is 18.2. The summed E-state index contributed by atoms with van der Waals surface area (Å²) in [5.74, 6) is 0. The monoisotopic (exact) mass is 868 g/mol. The number of rotatable bonds is 7. The second kappa shape index (κ2) is 15.2. The molecule has 14 aromatic rings. The van der Waals surface area contributed by atoms with Crippen LogP contribution in [0.3, 0.4) is 0 Å². The molecule has 0 aliphatic carbocycles. The van der Waals surface area contributed by atoms with Crippen LogP contribution >= 0.6 is 0 Å². The molecule has 4 heteroatoms. The van der Waals surface area contributed by atoms with Crippen LogP contribution in [0.25, 0.3) is 116 Å².